The monoisotopic (exact) mass is 434 g/mol. The minimum Gasteiger partial charge on any atom is -0.299 e. The van der Waals surface area contributed by atoms with Gasteiger partial charge in [-0.15, -0.1) is 10.2 Å². The van der Waals surface area contributed by atoms with Gasteiger partial charge in [-0.05, 0) is 25.8 Å². The van der Waals surface area contributed by atoms with E-state index in [9.17, 15) is 4.79 Å². The van der Waals surface area contributed by atoms with Gasteiger partial charge in [0.1, 0.15) is 0 Å². The van der Waals surface area contributed by atoms with Crippen molar-refractivity contribution in [3.05, 3.63) is 59.9 Å². The van der Waals surface area contributed by atoms with Crippen LogP contribution in [0.2, 0.25) is 0 Å². The van der Waals surface area contributed by atoms with Gasteiger partial charge in [-0.2, -0.15) is 5.10 Å². The van der Waals surface area contributed by atoms with Crippen molar-refractivity contribution in [3.63, 3.8) is 0 Å². The highest BCUT2D eigenvalue weighted by Crippen LogP contribution is 2.35. The van der Waals surface area contributed by atoms with Crippen molar-refractivity contribution >= 4 is 23.9 Å². The highest BCUT2D eigenvalue weighted by molar-refractivity contribution is 7.99. The first-order chi connectivity index (χ1) is 15.2. The van der Waals surface area contributed by atoms with Crippen molar-refractivity contribution in [3.8, 4) is 11.4 Å². The topological polar surface area (TPSA) is 85.1 Å². The number of hydrazone groups is 1. The molecule has 1 saturated carbocycles. The van der Waals surface area contributed by atoms with Gasteiger partial charge < -0.3 is 0 Å². The summed E-state index contributed by atoms with van der Waals surface area (Å²) in [4.78, 5) is 16.3. The summed E-state index contributed by atoms with van der Waals surface area (Å²) in [5, 5.41) is 13.7. The maximum Gasteiger partial charge on any atom is 0.250 e. The molecule has 7 nitrogen and oxygen atoms in total. The molecule has 160 valence electrons. The summed E-state index contributed by atoms with van der Waals surface area (Å²) in [6, 6.07) is 12.4. The molecule has 1 amide bonds. The lowest BCUT2D eigenvalue weighted by molar-refractivity contribution is -0.118. The van der Waals surface area contributed by atoms with Crippen LogP contribution < -0.4 is 5.43 Å². The smallest absolute Gasteiger partial charge is 0.250 e. The minimum atomic E-state index is -0.180. The molecule has 1 aliphatic carbocycles. The summed E-state index contributed by atoms with van der Waals surface area (Å²) in [7, 11) is 0. The first kappa shape index (κ1) is 21.2. The van der Waals surface area contributed by atoms with Crippen molar-refractivity contribution in [1.82, 2.24) is 25.2 Å². The molecule has 0 radical (unpaired) electrons. The predicted molar refractivity (Wildman–Crippen MR) is 123 cm³/mol. The molecule has 31 heavy (non-hydrogen) atoms. The van der Waals surface area contributed by atoms with Crippen LogP contribution in [0.15, 0.2) is 59.0 Å². The van der Waals surface area contributed by atoms with Gasteiger partial charge in [0.25, 0.3) is 5.91 Å². The number of hydrogen-bond acceptors (Lipinski definition) is 6. The third-order valence-corrected chi connectivity index (χ3v) is 6.28. The van der Waals surface area contributed by atoms with E-state index in [1.165, 1.54) is 36.6 Å². The first-order valence-electron chi connectivity index (χ1n) is 10.6. The van der Waals surface area contributed by atoms with E-state index in [1.54, 1.807) is 18.6 Å². The van der Waals surface area contributed by atoms with Gasteiger partial charge in [-0.1, -0.05) is 66.9 Å². The van der Waals surface area contributed by atoms with E-state index >= 15 is 0 Å². The number of hydrogen-bond donors (Lipinski definition) is 1. The van der Waals surface area contributed by atoms with E-state index in [4.69, 9.17) is 0 Å². The Morgan fingerprint density at radius 2 is 2.00 bits per heavy atom. The molecule has 0 spiro atoms. The maximum absolute atomic E-state index is 12.3. The van der Waals surface area contributed by atoms with Crippen LogP contribution >= 0.6 is 11.8 Å². The summed E-state index contributed by atoms with van der Waals surface area (Å²) in [6.45, 7) is 2.08. The zero-order chi connectivity index (χ0) is 21.5. The van der Waals surface area contributed by atoms with E-state index in [0.717, 1.165) is 34.9 Å². The van der Waals surface area contributed by atoms with E-state index in [0.29, 0.717) is 6.04 Å². The van der Waals surface area contributed by atoms with Gasteiger partial charge in [0, 0.05) is 29.6 Å². The molecule has 0 bridgehead atoms. The fourth-order valence-corrected chi connectivity index (χ4v) is 4.53. The fourth-order valence-electron chi connectivity index (χ4n) is 3.74. The molecule has 4 rings (SSSR count). The third kappa shape index (κ3) is 5.58. The minimum absolute atomic E-state index is 0.180. The van der Waals surface area contributed by atoms with Gasteiger partial charge in [-0.25, -0.2) is 5.43 Å². The lowest BCUT2D eigenvalue weighted by atomic mass is 9.95. The van der Waals surface area contributed by atoms with E-state index < -0.39 is 0 Å². The van der Waals surface area contributed by atoms with Crippen LogP contribution in [0.25, 0.3) is 11.4 Å². The van der Waals surface area contributed by atoms with Crippen LogP contribution in [0.3, 0.4) is 0 Å². The molecule has 1 aromatic carbocycles. The SMILES string of the molecule is Cc1ccc(-c2nnc(SCC(=O)N/N=C/c3cccnc3)n2C2CCCCC2)cc1. The van der Waals surface area contributed by atoms with Crippen LogP contribution in [0.1, 0.15) is 49.3 Å². The zero-order valence-corrected chi connectivity index (χ0v) is 18.4. The number of aryl methyl sites for hydroxylation is 1. The van der Waals surface area contributed by atoms with Crippen LogP contribution in [0.5, 0.6) is 0 Å². The molecule has 3 aromatic rings. The lowest BCUT2D eigenvalue weighted by Gasteiger charge is -2.25. The van der Waals surface area contributed by atoms with E-state index in [1.807, 2.05) is 12.1 Å². The molecule has 0 saturated heterocycles. The second-order valence-electron chi connectivity index (χ2n) is 7.70. The second kappa shape index (κ2) is 10.3. The molecule has 8 heteroatoms. The second-order valence-corrected chi connectivity index (χ2v) is 8.64. The Labute approximate surface area is 186 Å². The number of amides is 1. The molecule has 1 aliphatic rings. The molecule has 0 atom stereocenters. The van der Waals surface area contributed by atoms with Crippen molar-refractivity contribution in [2.24, 2.45) is 5.10 Å². The molecule has 0 unspecified atom stereocenters. The van der Waals surface area contributed by atoms with Crippen LogP contribution in [0.4, 0.5) is 0 Å². The van der Waals surface area contributed by atoms with Crippen molar-refractivity contribution in [2.75, 3.05) is 5.75 Å². The fraction of sp³-hybridized carbons (Fsp3) is 0.348. The van der Waals surface area contributed by atoms with Gasteiger partial charge in [0.2, 0.25) is 0 Å². The van der Waals surface area contributed by atoms with E-state index in [2.05, 4.69) is 61.5 Å². The maximum atomic E-state index is 12.3. The molecule has 1 fully saturated rings. The lowest BCUT2D eigenvalue weighted by Crippen LogP contribution is -2.20. The van der Waals surface area contributed by atoms with Crippen LogP contribution in [-0.2, 0) is 4.79 Å². The number of aromatic nitrogens is 4. The quantitative estimate of drug-likeness (QED) is 0.338. The molecular weight excluding hydrogens is 408 g/mol. The zero-order valence-electron chi connectivity index (χ0n) is 17.6. The molecule has 2 aromatic heterocycles. The number of carbonyl (C=O) groups excluding carboxylic acids is 1. The number of carbonyl (C=O) groups is 1. The first-order valence-corrected chi connectivity index (χ1v) is 11.6. The average Bonchev–Trinajstić information content (AvgIpc) is 3.23. The molecular formula is C23H26N6OS. The van der Waals surface area contributed by atoms with Crippen LogP contribution in [-0.4, -0.2) is 37.6 Å². The van der Waals surface area contributed by atoms with Gasteiger partial charge in [0.05, 0.1) is 12.0 Å². The number of pyridine rings is 1. The summed E-state index contributed by atoms with van der Waals surface area (Å²) in [5.74, 6) is 0.924. The Morgan fingerprint density at radius 3 is 2.74 bits per heavy atom. The van der Waals surface area contributed by atoms with Crippen molar-refractivity contribution in [1.29, 1.82) is 0 Å². The Morgan fingerprint density at radius 1 is 1.19 bits per heavy atom. The Bertz CT molecular complexity index is 1030. The molecule has 2 heterocycles. The number of nitrogens with zero attached hydrogens (tertiary/aromatic N) is 5. The average molecular weight is 435 g/mol. The van der Waals surface area contributed by atoms with E-state index in [-0.39, 0.29) is 11.7 Å². The highest BCUT2D eigenvalue weighted by Gasteiger charge is 2.24. The molecule has 1 N–H and O–H groups in total. The number of benzene rings is 1. The number of rotatable bonds is 7. The van der Waals surface area contributed by atoms with Crippen molar-refractivity contribution in [2.45, 2.75) is 50.2 Å². The van der Waals surface area contributed by atoms with Gasteiger partial charge in [0.15, 0.2) is 11.0 Å². The highest BCUT2D eigenvalue weighted by atomic mass is 32.2. The van der Waals surface area contributed by atoms with Crippen molar-refractivity contribution < 1.29 is 4.79 Å². The number of thioether (sulfide) groups is 1. The third-order valence-electron chi connectivity index (χ3n) is 5.33. The van der Waals surface area contributed by atoms with Gasteiger partial charge >= 0.3 is 0 Å². The standard InChI is InChI=1S/C23H26N6OS/c1-17-9-11-19(12-10-17)22-27-28-23(29(22)20-7-3-2-4-8-20)31-16-21(30)26-25-15-18-6-5-13-24-14-18/h5-6,9-15,20H,2-4,7-8,16H2,1H3,(H,26,30)/b25-15+. The largest absolute Gasteiger partial charge is 0.299 e. The Hall–Kier alpha value is -3.00. The Kier molecular flexibility index (Phi) is 7.09. The number of nitrogens with one attached hydrogen (secondary N) is 1. The summed E-state index contributed by atoms with van der Waals surface area (Å²) in [5.41, 5.74) is 5.67. The molecule has 0 aliphatic heterocycles. The summed E-state index contributed by atoms with van der Waals surface area (Å²) in [6.07, 6.45) is 10.9. The predicted octanol–water partition coefficient (Wildman–Crippen LogP) is 4.40. The van der Waals surface area contributed by atoms with Gasteiger partial charge in [-0.3, -0.25) is 14.3 Å². The summed E-state index contributed by atoms with van der Waals surface area (Å²) >= 11 is 1.40. The van der Waals surface area contributed by atoms with Crippen LogP contribution in [0, 0.1) is 6.92 Å². The Balaban J connectivity index is 1.46. The summed E-state index contributed by atoms with van der Waals surface area (Å²) < 4.78 is 2.24. The normalized spacial score (nSPS) is 14.7.